The molecular weight excluding hydrogens is 386 g/mol. The molecule has 2 aromatic carbocycles. The number of carbonyl (C=O) groups excluding carboxylic acids is 1. The summed E-state index contributed by atoms with van der Waals surface area (Å²) in [4.78, 5) is 12.3. The van der Waals surface area contributed by atoms with Crippen molar-refractivity contribution in [2.75, 3.05) is 12.4 Å². The lowest BCUT2D eigenvalue weighted by atomic mass is 10.2. The molecule has 0 aliphatic heterocycles. The van der Waals surface area contributed by atoms with E-state index in [1.807, 2.05) is 31.2 Å². The van der Waals surface area contributed by atoms with Crippen LogP contribution in [0.4, 0.5) is 5.69 Å². The number of carbonyl (C=O) groups is 1. The number of aromatic hydroxyl groups is 1. The van der Waals surface area contributed by atoms with Gasteiger partial charge in [0, 0.05) is 15.7 Å². The van der Waals surface area contributed by atoms with Gasteiger partial charge >= 0.3 is 0 Å². The van der Waals surface area contributed by atoms with Crippen molar-refractivity contribution in [3.8, 4) is 11.5 Å². The zero-order valence-electron chi connectivity index (χ0n) is 14.0. The number of rotatable bonds is 7. The van der Waals surface area contributed by atoms with Crippen LogP contribution in [0.1, 0.15) is 18.9 Å². The largest absolute Gasteiger partial charge is 0.504 e. The average Bonchev–Trinajstić information content (AvgIpc) is 2.62. The summed E-state index contributed by atoms with van der Waals surface area (Å²) in [5.41, 5.74) is 3.78. The van der Waals surface area contributed by atoms with Gasteiger partial charge in [-0.1, -0.05) is 28.9 Å². The van der Waals surface area contributed by atoms with Crippen LogP contribution in [0.25, 0.3) is 0 Å². The van der Waals surface area contributed by atoms with Gasteiger partial charge in [0.05, 0.1) is 13.3 Å². The number of hydrazone groups is 1. The van der Waals surface area contributed by atoms with Gasteiger partial charge < -0.3 is 15.2 Å². The first-order chi connectivity index (χ1) is 12.0. The highest BCUT2D eigenvalue weighted by molar-refractivity contribution is 9.10. The van der Waals surface area contributed by atoms with E-state index in [2.05, 4.69) is 31.8 Å². The molecule has 7 heteroatoms. The summed E-state index contributed by atoms with van der Waals surface area (Å²) in [5, 5.41) is 17.1. The molecule has 0 aliphatic carbocycles. The fraction of sp³-hybridized carbons (Fsp3) is 0.222. The summed E-state index contributed by atoms with van der Waals surface area (Å²) < 4.78 is 6.00. The zero-order chi connectivity index (χ0) is 18.2. The number of amides is 1. The first-order valence-corrected chi connectivity index (χ1v) is 8.55. The van der Waals surface area contributed by atoms with Crippen molar-refractivity contribution in [2.45, 2.75) is 19.4 Å². The third-order valence-corrected chi connectivity index (χ3v) is 4.07. The second-order valence-corrected chi connectivity index (χ2v) is 6.16. The quantitative estimate of drug-likeness (QED) is 0.486. The SMILES string of the molecule is CCC(Nc1ccc(Br)cc1)C(=O)N/N=C/c1cccc(OC)c1O. The lowest BCUT2D eigenvalue weighted by Gasteiger charge is -2.16. The normalized spacial score (nSPS) is 12.0. The first-order valence-electron chi connectivity index (χ1n) is 7.76. The number of phenols is 1. The van der Waals surface area contributed by atoms with E-state index in [9.17, 15) is 9.90 Å². The fourth-order valence-corrected chi connectivity index (χ4v) is 2.42. The Bertz CT molecular complexity index is 748. The predicted molar refractivity (Wildman–Crippen MR) is 102 cm³/mol. The average molecular weight is 406 g/mol. The van der Waals surface area contributed by atoms with Crippen LogP contribution in [0.15, 0.2) is 52.0 Å². The Morgan fingerprint density at radius 2 is 2.04 bits per heavy atom. The van der Waals surface area contributed by atoms with Gasteiger partial charge in [0.2, 0.25) is 0 Å². The number of para-hydroxylation sites is 1. The molecule has 0 saturated carbocycles. The molecule has 6 nitrogen and oxygen atoms in total. The summed E-state index contributed by atoms with van der Waals surface area (Å²) in [7, 11) is 1.47. The predicted octanol–water partition coefficient (Wildman–Crippen LogP) is 3.50. The van der Waals surface area contributed by atoms with Crippen LogP contribution in [0, 0.1) is 0 Å². The molecule has 0 bridgehead atoms. The van der Waals surface area contributed by atoms with Crippen LogP contribution in [0.2, 0.25) is 0 Å². The van der Waals surface area contributed by atoms with E-state index in [4.69, 9.17) is 4.74 Å². The minimum absolute atomic E-state index is 0.0250. The van der Waals surface area contributed by atoms with E-state index < -0.39 is 6.04 Å². The Kier molecular flexibility index (Phi) is 6.82. The van der Waals surface area contributed by atoms with Crippen LogP contribution in [0.5, 0.6) is 11.5 Å². The lowest BCUT2D eigenvalue weighted by Crippen LogP contribution is -2.36. The standard InChI is InChI=1S/C18H20BrN3O3/c1-3-15(21-14-9-7-13(19)8-10-14)18(24)22-20-11-12-5-4-6-16(25-2)17(12)23/h4-11,15,21,23H,3H2,1-2H3,(H,22,24)/b20-11+. The molecule has 0 aliphatic rings. The highest BCUT2D eigenvalue weighted by Gasteiger charge is 2.15. The van der Waals surface area contributed by atoms with Crippen LogP contribution in [0.3, 0.4) is 0 Å². The van der Waals surface area contributed by atoms with Gasteiger partial charge in [0.25, 0.3) is 5.91 Å². The summed E-state index contributed by atoms with van der Waals surface area (Å²) in [6.45, 7) is 1.91. The number of nitrogens with zero attached hydrogens (tertiary/aromatic N) is 1. The summed E-state index contributed by atoms with van der Waals surface area (Å²) >= 11 is 3.37. The van der Waals surface area contributed by atoms with Gasteiger partial charge in [-0.05, 0) is 42.8 Å². The molecule has 0 saturated heterocycles. The summed E-state index contributed by atoms with van der Waals surface area (Å²) in [6, 6.07) is 12.2. The van der Waals surface area contributed by atoms with Crippen LogP contribution < -0.4 is 15.5 Å². The molecule has 1 amide bonds. The number of nitrogens with one attached hydrogen (secondary N) is 2. The number of anilines is 1. The lowest BCUT2D eigenvalue weighted by molar-refractivity contribution is -0.121. The van der Waals surface area contributed by atoms with E-state index >= 15 is 0 Å². The van der Waals surface area contributed by atoms with Crippen molar-refractivity contribution in [3.63, 3.8) is 0 Å². The molecule has 0 heterocycles. The van der Waals surface area contributed by atoms with Gasteiger partial charge in [-0.3, -0.25) is 4.79 Å². The summed E-state index contributed by atoms with van der Waals surface area (Å²) in [6.07, 6.45) is 1.98. The van der Waals surface area contributed by atoms with Crippen molar-refractivity contribution in [2.24, 2.45) is 5.10 Å². The molecule has 2 rings (SSSR count). The van der Waals surface area contributed by atoms with Crippen molar-refractivity contribution in [1.82, 2.24) is 5.43 Å². The number of hydrogen-bond donors (Lipinski definition) is 3. The van der Waals surface area contributed by atoms with Crippen LogP contribution >= 0.6 is 15.9 Å². The Morgan fingerprint density at radius 3 is 2.68 bits per heavy atom. The van der Waals surface area contributed by atoms with Gasteiger partial charge in [-0.25, -0.2) is 5.43 Å². The van der Waals surface area contributed by atoms with Crippen LogP contribution in [-0.2, 0) is 4.79 Å². The van der Waals surface area contributed by atoms with Crippen molar-refractivity contribution >= 4 is 33.7 Å². The van der Waals surface area contributed by atoms with E-state index in [-0.39, 0.29) is 11.7 Å². The van der Waals surface area contributed by atoms with E-state index in [1.165, 1.54) is 13.3 Å². The number of benzene rings is 2. The van der Waals surface area contributed by atoms with Crippen molar-refractivity contribution < 1.29 is 14.6 Å². The number of ether oxygens (including phenoxy) is 1. The maximum atomic E-state index is 12.3. The number of halogens is 1. The highest BCUT2D eigenvalue weighted by Crippen LogP contribution is 2.27. The molecule has 0 aromatic heterocycles. The molecular formula is C18H20BrN3O3. The Balaban J connectivity index is 1.98. The maximum absolute atomic E-state index is 12.3. The van der Waals surface area contributed by atoms with Gasteiger partial charge in [-0.2, -0.15) is 5.10 Å². The molecule has 1 atom stereocenters. The Morgan fingerprint density at radius 1 is 1.32 bits per heavy atom. The topological polar surface area (TPSA) is 83.0 Å². The molecule has 0 fully saturated rings. The van der Waals surface area contributed by atoms with Gasteiger partial charge in [0.1, 0.15) is 6.04 Å². The second kappa shape index (κ2) is 9.08. The van der Waals surface area contributed by atoms with Gasteiger partial charge in [0.15, 0.2) is 11.5 Å². The smallest absolute Gasteiger partial charge is 0.262 e. The first kappa shape index (κ1) is 18.8. The third kappa shape index (κ3) is 5.22. The van der Waals surface area contributed by atoms with E-state index in [1.54, 1.807) is 18.2 Å². The molecule has 2 aromatic rings. The number of methoxy groups -OCH3 is 1. The number of phenolic OH excluding ortho intramolecular Hbond substituents is 1. The Hall–Kier alpha value is -2.54. The van der Waals surface area contributed by atoms with Gasteiger partial charge in [-0.15, -0.1) is 0 Å². The molecule has 1 unspecified atom stereocenters. The second-order valence-electron chi connectivity index (χ2n) is 5.24. The molecule has 0 radical (unpaired) electrons. The maximum Gasteiger partial charge on any atom is 0.262 e. The van der Waals surface area contributed by atoms with E-state index in [0.29, 0.717) is 17.7 Å². The Labute approximate surface area is 155 Å². The minimum atomic E-state index is -0.419. The molecule has 132 valence electrons. The minimum Gasteiger partial charge on any atom is -0.504 e. The fourth-order valence-electron chi connectivity index (χ4n) is 2.15. The summed E-state index contributed by atoms with van der Waals surface area (Å²) in [5.74, 6) is 0.0608. The molecule has 25 heavy (non-hydrogen) atoms. The van der Waals surface area contributed by atoms with Crippen molar-refractivity contribution in [1.29, 1.82) is 0 Å². The number of hydrogen-bond acceptors (Lipinski definition) is 5. The monoisotopic (exact) mass is 405 g/mol. The highest BCUT2D eigenvalue weighted by atomic mass is 79.9. The van der Waals surface area contributed by atoms with Crippen molar-refractivity contribution in [3.05, 3.63) is 52.5 Å². The van der Waals surface area contributed by atoms with Crippen LogP contribution in [-0.4, -0.2) is 30.4 Å². The van der Waals surface area contributed by atoms with E-state index in [0.717, 1.165) is 10.2 Å². The third-order valence-electron chi connectivity index (χ3n) is 3.54. The zero-order valence-corrected chi connectivity index (χ0v) is 15.6. The molecule has 3 N–H and O–H groups in total. The molecule has 0 spiro atoms.